The summed E-state index contributed by atoms with van der Waals surface area (Å²) in [5.41, 5.74) is 5.16. The monoisotopic (exact) mass is 284 g/mol. The van der Waals surface area contributed by atoms with Crippen LogP contribution in [0.3, 0.4) is 0 Å². The molecule has 5 nitrogen and oxygen atoms in total. The number of hydrogen-bond donors (Lipinski definition) is 2. The van der Waals surface area contributed by atoms with E-state index < -0.39 is 0 Å². The normalized spacial score (nSPS) is 28.9. The first-order chi connectivity index (χ1) is 10.4. The van der Waals surface area contributed by atoms with Crippen LogP contribution in [0, 0.1) is 5.92 Å². The maximum Gasteiger partial charge on any atom is 0.0687 e. The summed E-state index contributed by atoms with van der Waals surface area (Å²) < 4.78 is 7.95. The van der Waals surface area contributed by atoms with E-state index in [1.54, 1.807) is 0 Å². The molecule has 1 aromatic carbocycles. The van der Waals surface area contributed by atoms with Gasteiger partial charge in [-0.3, -0.25) is 11.3 Å². The highest BCUT2D eigenvalue weighted by atomic mass is 16.5. The zero-order valence-corrected chi connectivity index (χ0v) is 11.9. The molecule has 2 fully saturated rings. The lowest BCUT2D eigenvalue weighted by Crippen LogP contribution is -2.38. The van der Waals surface area contributed by atoms with Crippen LogP contribution in [0.25, 0.3) is 5.69 Å². The molecule has 0 radical (unpaired) electrons. The van der Waals surface area contributed by atoms with Gasteiger partial charge in [0.2, 0.25) is 0 Å². The van der Waals surface area contributed by atoms with Crippen LogP contribution in [0.2, 0.25) is 0 Å². The second kappa shape index (κ2) is 5.26. The first kappa shape index (κ1) is 13.0. The van der Waals surface area contributed by atoms with Gasteiger partial charge < -0.3 is 4.74 Å². The fourth-order valence-electron chi connectivity index (χ4n) is 3.79. The van der Waals surface area contributed by atoms with Crippen LogP contribution < -0.4 is 11.3 Å². The summed E-state index contributed by atoms with van der Waals surface area (Å²) in [6, 6.07) is 12.3. The third-order valence-corrected chi connectivity index (χ3v) is 4.75. The summed E-state index contributed by atoms with van der Waals surface area (Å²) in [6.07, 6.45) is 6.00. The van der Waals surface area contributed by atoms with Crippen molar-refractivity contribution in [2.75, 3.05) is 0 Å². The third kappa shape index (κ3) is 2.18. The van der Waals surface area contributed by atoms with Crippen molar-refractivity contribution >= 4 is 0 Å². The Hall–Kier alpha value is -1.69. The number of aromatic nitrogens is 2. The van der Waals surface area contributed by atoms with E-state index in [-0.39, 0.29) is 6.04 Å². The van der Waals surface area contributed by atoms with Crippen molar-refractivity contribution in [1.29, 1.82) is 0 Å². The predicted molar refractivity (Wildman–Crippen MR) is 79.6 cm³/mol. The van der Waals surface area contributed by atoms with Crippen molar-refractivity contribution in [3.63, 3.8) is 0 Å². The average molecular weight is 284 g/mol. The van der Waals surface area contributed by atoms with E-state index in [0.29, 0.717) is 18.1 Å². The number of hydrogen-bond acceptors (Lipinski definition) is 4. The minimum Gasteiger partial charge on any atom is -0.375 e. The van der Waals surface area contributed by atoms with Gasteiger partial charge in [-0.05, 0) is 37.5 Å². The molecule has 0 amide bonds. The number of rotatable bonds is 4. The Kier molecular flexibility index (Phi) is 3.25. The van der Waals surface area contributed by atoms with Gasteiger partial charge in [0.25, 0.3) is 0 Å². The van der Waals surface area contributed by atoms with Gasteiger partial charge in [-0.15, -0.1) is 0 Å². The molecular weight excluding hydrogens is 264 g/mol. The second-order valence-electron chi connectivity index (χ2n) is 5.92. The number of nitrogens with zero attached hydrogens (tertiary/aromatic N) is 2. The van der Waals surface area contributed by atoms with Gasteiger partial charge in [0.15, 0.2) is 0 Å². The molecule has 2 aliphatic rings. The summed E-state index contributed by atoms with van der Waals surface area (Å²) in [6.45, 7) is 0. The number of hydrazine groups is 1. The molecule has 2 aromatic rings. The molecule has 4 rings (SSSR count). The highest BCUT2D eigenvalue weighted by Gasteiger charge is 2.45. The summed E-state index contributed by atoms with van der Waals surface area (Å²) in [7, 11) is 0. The topological polar surface area (TPSA) is 65.1 Å². The minimum atomic E-state index is 0.0722. The first-order valence-corrected chi connectivity index (χ1v) is 7.58. The fraction of sp³-hybridized carbons (Fsp3) is 0.438. The zero-order valence-electron chi connectivity index (χ0n) is 11.9. The average Bonchev–Trinajstić information content (AvgIpc) is 3.25. The maximum absolute atomic E-state index is 5.99. The first-order valence-electron chi connectivity index (χ1n) is 7.58. The Morgan fingerprint density at radius 3 is 2.76 bits per heavy atom. The van der Waals surface area contributed by atoms with Crippen molar-refractivity contribution in [3.05, 3.63) is 48.3 Å². The molecule has 0 saturated carbocycles. The Morgan fingerprint density at radius 1 is 1.24 bits per heavy atom. The Labute approximate surface area is 124 Å². The smallest absolute Gasteiger partial charge is 0.0687 e. The second-order valence-corrected chi connectivity index (χ2v) is 5.92. The van der Waals surface area contributed by atoms with Crippen molar-refractivity contribution in [2.45, 2.75) is 37.5 Å². The number of para-hydroxylation sites is 1. The van der Waals surface area contributed by atoms with Gasteiger partial charge >= 0.3 is 0 Å². The van der Waals surface area contributed by atoms with Gasteiger partial charge in [-0.2, -0.15) is 5.10 Å². The van der Waals surface area contributed by atoms with E-state index in [4.69, 9.17) is 10.6 Å². The molecule has 3 N–H and O–H groups in total. The number of fused-ring (bicyclic) bond motifs is 2. The molecule has 110 valence electrons. The highest BCUT2D eigenvalue weighted by Crippen LogP contribution is 2.44. The van der Waals surface area contributed by atoms with Crippen molar-refractivity contribution in [2.24, 2.45) is 11.8 Å². The number of benzene rings is 1. The van der Waals surface area contributed by atoms with Crippen LogP contribution in [0.5, 0.6) is 0 Å². The Morgan fingerprint density at radius 2 is 2.10 bits per heavy atom. The van der Waals surface area contributed by atoms with Crippen LogP contribution in [0.4, 0.5) is 0 Å². The molecular formula is C16H20N4O. The van der Waals surface area contributed by atoms with Crippen molar-refractivity contribution in [3.8, 4) is 5.69 Å². The van der Waals surface area contributed by atoms with E-state index in [2.05, 4.69) is 22.7 Å². The number of nitrogens with two attached hydrogens (primary N) is 1. The van der Waals surface area contributed by atoms with E-state index in [1.807, 2.05) is 35.1 Å². The Bertz CT molecular complexity index is 612. The molecule has 2 bridgehead atoms. The lowest BCUT2D eigenvalue weighted by atomic mass is 9.83. The van der Waals surface area contributed by atoms with Crippen LogP contribution in [0.1, 0.15) is 31.0 Å². The molecule has 21 heavy (non-hydrogen) atoms. The van der Waals surface area contributed by atoms with Gasteiger partial charge in [0.1, 0.15) is 0 Å². The van der Waals surface area contributed by atoms with E-state index in [1.165, 1.54) is 6.42 Å². The highest BCUT2D eigenvalue weighted by molar-refractivity contribution is 5.33. The lowest BCUT2D eigenvalue weighted by molar-refractivity contribution is 0.0851. The van der Waals surface area contributed by atoms with Crippen molar-refractivity contribution in [1.82, 2.24) is 15.2 Å². The number of ether oxygens (including phenoxy) is 1. The van der Waals surface area contributed by atoms with Gasteiger partial charge in [0.05, 0.1) is 29.6 Å². The van der Waals surface area contributed by atoms with Crippen molar-refractivity contribution < 1.29 is 4.74 Å². The fourth-order valence-corrected chi connectivity index (χ4v) is 3.79. The zero-order chi connectivity index (χ0) is 14.2. The number of nitrogens with one attached hydrogen (secondary N) is 1. The molecule has 4 atom stereocenters. The van der Waals surface area contributed by atoms with Gasteiger partial charge in [-0.1, -0.05) is 18.2 Å². The molecule has 5 heteroatoms. The molecule has 0 spiro atoms. The van der Waals surface area contributed by atoms with Gasteiger partial charge in [0, 0.05) is 12.1 Å². The molecule has 2 aliphatic heterocycles. The third-order valence-electron chi connectivity index (χ3n) is 4.75. The van der Waals surface area contributed by atoms with E-state index in [0.717, 1.165) is 24.2 Å². The molecule has 4 unspecified atom stereocenters. The van der Waals surface area contributed by atoms with E-state index in [9.17, 15) is 0 Å². The summed E-state index contributed by atoms with van der Waals surface area (Å²) in [5, 5.41) is 4.47. The minimum absolute atomic E-state index is 0.0722. The molecule has 1 aromatic heterocycles. The summed E-state index contributed by atoms with van der Waals surface area (Å²) in [4.78, 5) is 0. The SMILES string of the molecule is NNC(c1ccnn1-c1ccccc1)C1CC2CCC1O2. The Balaban J connectivity index is 1.68. The van der Waals surface area contributed by atoms with E-state index >= 15 is 0 Å². The molecule has 2 saturated heterocycles. The lowest BCUT2D eigenvalue weighted by Gasteiger charge is -2.28. The van der Waals surface area contributed by atoms with Crippen LogP contribution in [-0.4, -0.2) is 22.0 Å². The quantitative estimate of drug-likeness (QED) is 0.665. The summed E-state index contributed by atoms with van der Waals surface area (Å²) >= 11 is 0. The summed E-state index contributed by atoms with van der Waals surface area (Å²) in [5.74, 6) is 6.30. The van der Waals surface area contributed by atoms with Crippen LogP contribution >= 0.6 is 0 Å². The molecule has 3 heterocycles. The van der Waals surface area contributed by atoms with Gasteiger partial charge in [-0.25, -0.2) is 4.68 Å². The molecule has 0 aliphatic carbocycles. The predicted octanol–water partition coefficient (Wildman–Crippen LogP) is 1.94. The van der Waals surface area contributed by atoms with Crippen LogP contribution in [-0.2, 0) is 4.74 Å². The van der Waals surface area contributed by atoms with Crippen LogP contribution in [0.15, 0.2) is 42.6 Å². The standard InChI is InChI=1S/C16H20N4O/c17-19-16(13-10-12-6-7-15(13)21-12)14-8-9-18-20(14)11-4-2-1-3-5-11/h1-5,8-9,12-13,15-16,19H,6-7,10,17H2. The largest absolute Gasteiger partial charge is 0.375 e. The maximum atomic E-state index is 5.99.